The van der Waals surface area contributed by atoms with E-state index in [-0.39, 0.29) is 6.92 Å². The molecule has 190 valence electrons. The Morgan fingerprint density at radius 2 is 1.15 bits per heavy atom. The van der Waals surface area contributed by atoms with Crippen LogP contribution in [0.3, 0.4) is 0 Å². The third kappa shape index (κ3) is 3.39. The van der Waals surface area contributed by atoms with Gasteiger partial charge in [0, 0.05) is 28.1 Å². The van der Waals surface area contributed by atoms with Gasteiger partial charge in [-0.05, 0) is 80.1 Å². The maximum absolute atomic E-state index is 6.89. The largest absolute Gasteiger partial charge is 0.551 e. The van der Waals surface area contributed by atoms with E-state index < -0.39 is 0 Å². The molecule has 7 aromatic carbocycles. The molecule has 0 aromatic heterocycles. The lowest BCUT2D eigenvalue weighted by Gasteiger charge is -2.40. The SMILES string of the molecule is c1ccc(-c2cc3c4c(c2)N(c2ccc5ccccc5c2)c2cc5ccccc5cc2B4Oc2ccccc2-3)cc1. The zero-order valence-electron chi connectivity index (χ0n) is 22.3. The first-order chi connectivity index (χ1) is 20.3. The average molecular weight is 521 g/mol. The van der Waals surface area contributed by atoms with E-state index in [2.05, 4.69) is 150 Å². The van der Waals surface area contributed by atoms with Crippen LogP contribution >= 0.6 is 0 Å². The van der Waals surface area contributed by atoms with Crippen LogP contribution in [-0.4, -0.2) is 6.92 Å². The van der Waals surface area contributed by atoms with Crippen LogP contribution < -0.4 is 20.5 Å². The fourth-order valence-corrected chi connectivity index (χ4v) is 6.69. The van der Waals surface area contributed by atoms with E-state index >= 15 is 0 Å². The van der Waals surface area contributed by atoms with E-state index in [4.69, 9.17) is 4.65 Å². The third-order valence-electron chi connectivity index (χ3n) is 8.60. The minimum absolute atomic E-state index is 0.198. The monoisotopic (exact) mass is 521 g/mol. The van der Waals surface area contributed by atoms with Gasteiger partial charge in [-0.3, -0.25) is 0 Å². The van der Waals surface area contributed by atoms with Gasteiger partial charge in [-0.1, -0.05) is 109 Å². The van der Waals surface area contributed by atoms with Gasteiger partial charge in [0.15, 0.2) is 0 Å². The van der Waals surface area contributed by atoms with Gasteiger partial charge in [-0.25, -0.2) is 0 Å². The van der Waals surface area contributed by atoms with Crippen molar-refractivity contribution in [2.75, 3.05) is 4.90 Å². The molecule has 0 radical (unpaired) electrons. The normalized spacial score (nSPS) is 13.0. The predicted octanol–water partition coefficient (Wildman–Crippen LogP) is 8.61. The minimum atomic E-state index is -0.198. The van der Waals surface area contributed by atoms with Crippen LogP contribution in [0.2, 0.25) is 0 Å². The molecule has 0 unspecified atom stereocenters. The summed E-state index contributed by atoms with van der Waals surface area (Å²) in [5.41, 5.74) is 10.7. The molecule has 0 saturated heterocycles. The predicted molar refractivity (Wildman–Crippen MR) is 173 cm³/mol. The van der Waals surface area contributed by atoms with Gasteiger partial charge >= 0.3 is 6.92 Å². The molecule has 0 aliphatic carbocycles. The lowest BCUT2D eigenvalue weighted by atomic mass is 9.49. The lowest BCUT2D eigenvalue weighted by Crippen LogP contribution is -2.56. The summed E-state index contributed by atoms with van der Waals surface area (Å²) < 4.78 is 6.89. The summed E-state index contributed by atoms with van der Waals surface area (Å²) in [5.74, 6) is 0.930. The van der Waals surface area contributed by atoms with Crippen LogP contribution in [-0.2, 0) is 0 Å². The number of hydrogen-bond donors (Lipinski definition) is 0. The van der Waals surface area contributed by atoms with Crippen LogP contribution in [0.5, 0.6) is 5.75 Å². The number of para-hydroxylation sites is 1. The second-order valence-corrected chi connectivity index (χ2v) is 10.9. The molecule has 0 spiro atoms. The van der Waals surface area contributed by atoms with Crippen LogP contribution in [0.4, 0.5) is 17.1 Å². The molecule has 2 aliphatic rings. The Labute approximate surface area is 239 Å². The van der Waals surface area contributed by atoms with Gasteiger partial charge < -0.3 is 9.55 Å². The molecule has 3 heteroatoms. The molecular weight excluding hydrogens is 497 g/mol. The molecule has 2 nitrogen and oxygen atoms in total. The molecule has 0 fully saturated rings. The fraction of sp³-hybridized carbons (Fsp3) is 0. The van der Waals surface area contributed by atoms with Gasteiger partial charge in [0.1, 0.15) is 5.75 Å². The highest BCUT2D eigenvalue weighted by Gasteiger charge is 2.43. The van der Waals surface area contributed by atoms with E-state index in [0.717, 1.165) is 22.7 Å². The molecule has 2 heterocycles. The second-order valence-electron chi connectivity index (χ2n) is 10.9. The Morgan fingerprint density at radius 3 is 1.98 bits per heavy atom. The number of rotatable bonds is 2. The molecule has 0 atom stereocenters. The highest BCUT2D eigenvalue weighted by Crippen LogP contribution is 2.45. The standard InChI is InChI=1S/C38H24BNO/c1-2-10-25(11-3-1)30-21-33-32-16-8-9-17-37(32)41-39-34-22-28-14-6-7-15-29(28)23-35(34)40(36(24-30)38(33)39)31-19-18-26-12-4-5-13-27(26)20-31/h1-24H. The van der Waals surface area contributed by atoms with Crippen molar-refractivity contribution in [3.8, 4) is 28.0 Å². The number of fused-ring (bicyclic) bond motifs is 6. The van der Waals surface area contributed by atoms with Crippen molar-refractivity contribution in [3.05, 3.63) is 146 Å². The van der Waals surface area contributed by atoms with Crippen molar-refractivity contribution in [3.63, 3.8) is 0 Å². The zero-order chi connectivity index (χ0) is 26.9. The number of nitrogens with zero attached hydrogens (tertiary/aromatic N) is 1. The van der Waals surface area contributed by atoms with Gasteiger partial charge in [0.2, 0.25) is 0 Å². The molecule has 7 aromatic rings. The first kappa shape index (κ1) is 22.5. The number of anilines is 3. The molecular formula is C38H24BNO. The van der Waals surface area contributed by atoms with Crippen molar-refractivity contribution in [1.82, 2.24) is 0 Å². The van der Waals surface area contributed by atoms with Gasteiger partial charge in [-0.2, -0.15) is 0 Å². The molecule has 0 bridgehead atoms. The third-order valence-corrected chi connectivity index (χ3v) is 8.60. The van der Waals surface area contributed by atoms with Gasteiger partial charge in [-0.15, -0.1) is 0 Å². The highest BCUT2D eigenvalue weighted by atomic mass is 16.4. The van der Waals surface area contributed by atoms with Crippen molar-refractivity contribution in [1.29, 1.82) is 0 Å². The summed E-state index contributed by atoms with van der Waals surface area (Å²) in [7, 11) is 0. The number of hydrogen-bond acceptors (Lipinski definition) is 2. The maximum Gasteiger partial charge on any atom is 0.431 e. The van der Waals surface area contributed by atoms with Crippen molar-refractivity contribution < 1.29 is 4.65 Å². The average Bonchev–Trinajstić information content (AvgIpc) is 3.04. The number of benzene rings is 7. The zero-order valence-corrected chi connectivity index (χ0v) is 22.3. The van der Waals surface area contributed by atoms with Gasteiger partial charge in [0.25, 0.3) is 0 Å². The summed E-state index contributed by atoms with van der Waals surface area (Å²) in [4.78, 5) is 2.45. The second kappa shape index (κ2) is 8.61. The minimum Gasteiger partial charge on any atom is -0.551 e. The van der Waals surface area contributed by atoms with Crippen molar-refractivity contribution >= 4 is 56.4 Å². The van der Waals surface area contributed by atoms with Crippen LogP contribution in [0.15, 0.2) is 146 Å². The van der Waals surface area contributed by atoms with E-state index in [1.165, 1.54) is 54.8 Å². The first-order valence-electron chi connectivity index (χ1n) is 14.1. The van der Waals surface area contributed by atoms with E-state index in [9.17, 15) is 0 Å². The Balaban J connectivity index is 1.41. The Hall–Kier alpha value is -5.28. The Kier molecular flexibility index (Phi) is 4.73. The van der Waals surface area contributed by atoms with E-state index in [0.29, 0.717) is 0 Å². The quantitative estimate of drug-likeness (QED) is 0.211. The maximum atomic E-state index is 6.89. The Bertz CT molecular complexity index is 2150. The molecule has 9 rings (SSSR count). The topological polar surface area (TPSA) is 12.5 Å². The molecule has 0 amide bonds. The molecule has 2 aliphatic heterocycles. The summed E-state index contributed by atoms with van der Waals surface area (Å²) in [6.45, 7) is -0.198. The van der Waals surface area contributed by atoms with Crippen LogP contribution in [0.25, 0.3) is 43.8 Å². The summed E-state index contributed by atoms with van der Waals surface area (Å²) in [6.07, 6.45) is 0. The van der Waals surface area contributed by atoms with Crippen LogP contribution in [0.1, 0.15) is 0 Å². The summed E-state index contributed by atoms with van der Waals surface area (Å²) in [5, 5.41) is 4.90. The highest BCUT2D eigenvalue weighted by molar-refractivity contribution is 6.85. The molecule has 0 N–H and O–H groups in total. The Morgan fingerprint density at radius 1 is 0.463 bits per heavy atom. The smallest absolute Gasteiger partial charge is 0.431 e. The van der Waals surface area contributed by atoms with Gasteiger partial charge in [0.05, 0.1) is 0 Å². The lowest BCUT2D eigenvalue weighted by molar-refractivity contribution is 0.590. The fourth-order valence-electron chi connectivity index (χ4n) is 6.69. The van der Waals surface area contributed by atoms with Crippen LogP contribution in [0, 0.1) is 0 Å². The van der Waals surface area contributed by atoms with E-state index in [1.54, 1.807) is 0 Å². The molecule has 41 heavy (non-hydrogen) atoms. The van der Waals surface area contributed by atoms with Crippen molar-refractivity contribution in [2.45, 2.75) is 0 Å². The van der Waals surface area contributed by atoms with E-state index in [1.807, 2.05) is 0 Å². The van der Waals surface area contributed by atoms with Crippen molar-refractivity contribution in [2.24, 2.45) is 0 Å². The molecule has 0 saturated carbocycles. The first-order valence-corrected chi connectivity index (χ1v) is 14.1. The summed E-state index contributed by atoms with van der Waals surface area (Å²) >= 11 is 0. The summed E-state index contributed by atoms with van der Waals surface area (Å²) in [6, 6.07) is 52.5.